The number of hydrogen-bond donors (Lipinski definition) is 0. The first-order chi connectivity index (χ1) is 12.9. The first kappa shape index (κ1) is 21.0. The van der Waals surface area contributed by atoms with E-state index in [1.807, 2.05) is 0 Å². The van der Waals surface area contributed by atoms with Gasteiger partial charge in [-0.25, -0.2) is 0 Å². The SMILES string of the molecule is C(CC1CSC(CCSCC2CC2)C(CSCC2CC2)S1)SCC1CC1. The topological polar surface area (TPSA) is 0 Å². The normalized spacial score (nSPS) is 32.1. The second kappa shape index (κ2) is 11.2. The molecule has 3 saturated carbocycles. The number of thioether (sulfide) groups is 5. The van der Waals surface area contributed by atoms with Crippen LogP contribution in [-0.2, 0) is 0 Å². The van der Waals surface area contributed by atoms with Gasteiger partial charge in [0, 0.05) is 27.3 Å². The van der Waals surface area contributed by atoms with E-state index in [1.54, 1.807) is 0 Å². The zero-order chi connectivity index (χ0) is 17.6. The molecule has 0 radical (unpaired) electrons. The lowest BCUT2D eigenvalue weighted by Crippen LogP contribution is -2.33. The molecule has 0 nitrogen and oxygen atoms in total. The fourth-order valence-corrected chi connectivity index (χ4v) is 11.5. The van der Waals surface area contributed by atoms with E-state index < -0.39 is 0 Å². The summed E-state index contributed by atoms with van der Waals surface area (Å²) in [4.78, 5) is 0. The molecule has 3 aliphatic carbocycles. The third-order valence-electron chi connectivity index (χ3n) is 5.84. The molecule has 1 saturated heterocycles. The van der Waals surface area contributed by atoms with Crippen LogP contribution in [0, 0.1) is 17.8 Å². The molecule has 26 heavy (non-hydrogen) atoms. The van der Waals surface area contributed by atoms with E-state index in [9.17, 15) is 0 Å². The van der Waals surface area contributed by atoms with Crippen molar-refractivity contribution in [2.45, 2.75) is 67.1 Å². The van der Waals surface area contributed by atoms with E-state index in [2.05, 4.69) is 58.8 Å². The lowest BCUT2D eigenvalue weighted by molar-refractivity contribution is 0.789. The van der Waals surface area contributed by atoms with Crippen LogP contribution in [0.4, 0.5) is 0 Å². The highest BCUT2D eigenvalue weighted by Crippen LogP contribution is 2.43. The van der Waals surface area contributed by atoms with E-state index in [4.69, 9.17) is 0 Å². The molecule has 3 unspecified atom stereocenters. The van der Waals surface area contributed by atoms with E-state index in [1.165, 1.54) is 91.6 Å². The Morgan fingerprint density at radius 2 is 1.19 bits per heavy atom. The van der Waals surface area contributed by atoms with Crippen LogP contribution in [0.5, 0.6) is 0 Å². The van der Waals surface area contributed by atoms with Gasteiger partial charge in [-0.2, -0.15) is 58.8 Å². The van der Waals surface area contributed by atoms with Gasteiger partial charge in [-0.3, -0.25) is 0 Å². The molecule has 150 valence electrons. The molecule has 0 aromatic heterocycles. The van der Waals surface area contributed by atoms with Gasteiger partial charge in [0.2, 0.25) is 0 Å². The van der Waals surface area contributed by atoms with E-state index in [0.29, 0.717) is 0 Å². The summed E-state index contributed by atoms with van der Waals surface area (Å²) < 4.78 is 0. The van der Waals surface area contributed by atoms with Crippen molar-refractivity contribution < 1.29 is 0 Å². The van der Waals surface area contributed by atoms with E-state index >= 15 is 0 Å². The Balaban J connectivity index is 1.14. The largest absolute Gasteiger partial charge is 0.162 e. The number of hydrogen-bond acceptors (Lipinski definition) is 5. The molecule has 0 aromatic carbocycles. The van der Waals surface area contributed by atoms with Crippen LogP contribution < -0.4 is 0 Å². The van der Waals surface area contributed by atoms with Crippen LogP contribution in [0.2, 0.25) is 0 Å². The quantitative estimate of drug-likeness (QED) is 0.268. The van der Waals surface area contributed by atoms with Gasteiger partial charge in [0.25, 0.3) is 0 Å². The summed E-state index contributed by atoms with van der Waals surface area (Å²) in [5.74, 6) is 13.3. The smallest absolute Gasteiger partial charge is 0.0260 e. The highest BCUT2D eigenvalue weighted by Gasteiger charge is 2.32. The molecule has 1 aliphatic heterocycles. The lowest BCUT2D eigenvalue weighted by Gasteiger charge is -2.35. The van der Waals surface area contributed by atoms with Crippen LogP contribution in [0.1, 0.15) is 51.4 Å². The Morgan fingerprint density at radius 3 is 1.81 bits per heavy atom. The van der Waals surface area contributed by atoms with Crippen LogP contribution in [0.3, 0.4) is 0 Å². The molecular formula is C21H36S5. The van der Waals surface area contributed by atoms with E-state index in [-0.39, 0.29) is 0 Å². The van der Waals surface area contributed by atoms with Gasteiger partial charge >= 0.3 is 0 Å². The fourth-order valence-electron chi connectivity index (χ4n) is 3.40. The van der Waals surface area contributed by atoms with Crippen molar-refractivity contribution in [1.29, 1.82) is 0 Å². The summed E-state index contributed by atoms with van der Waals surface area (Å²) in [5.41, 5.74) is 0. The first-order valence-electron chi connectivity index (χ1n) is 10.9. The third kappa shape index (κ3) is 8.24. The predicted molar refractivity (Wildman–Crippen MR) is 131 cm³/mol. The maximum Gasteiger partial charge on any atom is 0.0260 e. The Labute approximate surface area is 183 Å². The minimum Gasteiger partial charge on any atom is -0.162 e. The van der Waals surface area contributed by atoms with Crippen molar-refractivity contribution in [1.82, 2.24) is 0 Å². The van der Waals surface area contributed by atoms with Crippen LogP contribution >= 0.6 is 58.8 Å². The zero-order valence-electron chi connectivity index (χ0n) is 16.1. The first-order valence-corrected chi connectivity index (χ1v) is 16.3. The molecule has 0 aromatic rings. The van der Waals surface area contributed by atoms with Gasteiger partial charge in [-0.1, -0.05) is 0 Å². The Hall–Kier alpha value is 1.75. The van der Waals surface area contributed by atoms with Gasteiger partial charge in [0.15, 0.2) is 0 Å². The Kier molecular flexibility index (Phi) is 9.07. The summed E-state index contributed by atoms with van der Waals surface area (Å²) in [6.45, 7) is 0. The van der Waals surface area contributed by atoms with Gasteiger partial charge < -0.3 is 0 Å². The molecule has 0 spiro atoms. The minimum absolute atomic E-state index is 0.928. The average molecular weight is 449 g/mol. The molecular weight excluding hydrogens is 413 g/mol. The molecule has 0 N–H and O–H groups in total. The highest BCUT2D eigenvalue weighted by atomic mass is 32.2. The van der Waals surface area contributed by atoms with Crippen LogP contribution in [-0.4, -0.2) is 56.0 Å². The predicted octanol–water partition coefficient (Wildman–Crippen LogP) is 6.78. The maximum absolute atomic E-state index is 2.40. The molecule has 1 heterocycles. The molecule has 3 atom stereocenters. The van der Waals surface area contributed by atoms with Crippen molar-refractivity contribution in [2.75, 3.05) is 40.3 Å². The summed E-state index contributed by atoms with van der Waals surface area (Å²) in [6, 6.07) is 0. The molecule has 0 amide bonds. The number of rotatable bonds is 14. The van der Waals surface area contributed by atoms with Crippen molar-refractivity contribution in [3.63, 3.8) is 0 Å². The maximum atomic E-state index is 2.40. The molecule has 5 heteroatoms. The van der Waals surface area contributed by atoms with Crippen LogP contribution in [0.25, 0.3) is 0 Å². The van der Waals surface area contributed by atoms with Gasteiger partial charge in [-0.15, -0.1) is 0 Å². The van der Waals surface area contributed by atoms with Crippen molar-refractivity contribution in [3.05, 3.63) is 0 Å². The van der Waals surface area contributed by atoms with Gasteiger partial charge in [0.1, 0.15) is 0 Å². The lowest BCUT2D eigenvalue weighted by atomic mass is 10.2. The molecule has 0 bridgehead atoms. The summed E-state index contributed by atoms with van der Waals surface area (Å²) in [6.07, 6.45) is 12.0. The van der Waals surface area contributed by atoms with Crippen LogP contribution in [0.15, 0.2) is 0 Å². The molecule has 4 rings (SSSR count). The monoisotopic (exact) mass is 448 g/mol. The Bertz CT molecular complexity index is 405. The third-order valence-corrected chi connectivity index (χ3v) is 13.4. The summed E-state index contributed by atoms with van der Waals surface area (Å²) in [5, 5.41) is 2.81. The zero-order valence-corrected chi connectivity index (χ0v) is 20.2. The summed E-state index contributed by atoms with van der Waals surface area (Å²) in [7, 11) is 0. The van der Waals surface area contributed by atoms with Gasteiger partial charge in [-0.05, 0) is 97.9 Å². The molecule has 4 fully saturated rings. The van der Waals surface area contributed by atoms with Crippen molar-refractivity contribution in [2.24, 2.45) is 17.8 Å². The standard InChI is InChI=1S/C21H36S5/c1-2-16(1)11-22-9-7-19-14-25-20(8-10-23-12-17-3-4-17)21(26-19)15-24-13-18-5-6-18/h16-21H,1-15H2. The van der Waals surface area contributed by atoms with Gasteiger partial charge in [0.05, 0.1) is 0 Å². The second-order valence-electron chi connectivity index (χ2n) is 8.76. The van der Waals surface area contributed by atoms with Crippen molar-refractivity contribution in [3.8, 4) is 0 Å². The minimum atomic E-state index is 0.928. The Morgan fingerprint density at radius 1 is 0.615 bits per heavy atom. The van der Waals surface area contributed by atoms with Crippen molar-refractivity contribution >= 4 is 58.8 Å². The van der Waals surface area contributed by atoms with E-state index in [0.717, 1.165) is 33.5 Å². The average Bonchev–Trinajstić information content (AvgIpc) is 3.49. The molecule has 4 aliphatic rings. The highest BCUT2D eigenvalue weighted by molar-refractivity contribution is 8.08. The fraction of sp³-hybridized carbons (Fsp3) is 1.00. The second-order valence-corrected chi connectivity index (χ2v) is 15.0. The summed E-state index contributed by atoms with van der Waals surface area (Å²) >= 11 is 11.5.